The van der Waals surface area contributed by atoms with Gasteiger partial charge in [0.2, 0.25) is 0 Å². The lowest BCUT2D eigenvalue weighted by Crippen LogP contribution is -2.43. The van der Waals surface area contributed by atoms with Crippen LogP contribution >= 0.6 is 0 Å². The lowest BCUT2D eigenvalue weighted by molar-refractivity contribution is 0.162. The molecule has 2 unspecified atom stereocenters. The molecule has 0 saturated carbocycles. The van der Waals surface area contributed by atoms with Crippen LogP contribution in [-0.4, -0.2) is 37.4 Å². The molecule has 0 saturated heterocycles. The first-order chi connectivity index (χ1) is 9.02. The van der Waals surface area contributed by atoms with Crippen molar-refractivity contribution in [2.75, 3.05) is 20.3 Å². The number of benzene rings is 1. The van der Waals surface area contributed by atoms with Crippen molar-refractivity contribution in [1.82, 2.24) is 10.6 Å². The first kappa shape index (κ1) is 15.4. The van der Waals surface area contributed by atoms with Gasteiger partial charge in [-0.25, -0.2) is 9.18 Å². The van der Waals surface area contributed by atoms with Gasteiger partial charge in [0.25, 0.3) is 0 Å². The van der Waals surface area contributed by atoms with E-state index in [-0.39, 0.29) is 12.6 Å². The molecule has 0 radical (unpaired) electrons. The van der Waals surface area contributed by atoms with Crippen molar-refractivity contribution in [1.29, 1.82) is 0 Å². The summed E-state index contributed by atoms with van der Waals surface area (Å²) in [6.07, 6.45) is -0.945. The van der Waals surface area contributed by atoms with Crippen molar-refractivity contribution in [3.05, 3.63) is 35.6 Å². The van der Waals surface area contributed by atoms with Crippen LogP contribution in [0.25, 0.3) is 0 Å². The number of hydrogen-bond donors (Lipinski definition) is 3. The number of methoxy groups -OCH3 is 1. The lowest BCUT2D eigenvalue weighted by Gasteiger charge is -2.16. The molecule has 0 bridgehead atoms. The molecular weight excluding hydrogens is 251 g/mol. The SMILES string of the molecule is COCC(C)NC(=O)NCC(O)c1cccc(F)c1. The number of carbonyl (C=O) groups is 1. The fourth-order valence-electron chi connectivity index (χ4n) is 1.59. The van der Waals surface area contributed by atoms with E-state index in [0.29, 0.717) is 12.2 Å². The summed E-state index contributed by atoms with van der Waals surface area (Å²) < 4.78 is 17.8. The molecule has 0 spiro atoms. The van der Waals surface area contributed by atoms with E-state index in [2.05, 4.69) is 10.6 Å². The molecule has 19 heavy (non-hydrogen) atoms. The maximum absolute atomic E-state index is 13.0. The average molecular weight is 270 g/mol. The standard InChI is InChI=1S/C13H19FN2O3/c1-9(8-19-2)16-13(18)15-7-12(17)10-4-3-5-11(14)6-10/h3-6,9,12,17H,7-8H2,1-2H3,(H2,15,16,18). The molecule has 106 valence electrons. The Morgan fingerprint density at radius 3 is 2.89 bits per heavy atom. The molecule has 6 heteroatoms. The van der Waals surface area contributed by atoms with Gasteiger partial charge in [-0.1, -0.05) is 12.1 Å². The number of halogens is 1. The Balaban J connectivity index is 2.37. The second-order valence-electron chi connectivity index (χ2n) is 4.28. The molecular formula is C13H19FN2O3. The first-order valence-corrected chi connectivity index (χ1v) is 5.99. The van der Waals surface area contributed by atoms with E-state index < -0.39 is 18.0 Å². The smallest absolute Gasteiger partial charge is 0.315 e. The van der Waals surface area contributed by atoms with Crippen molar-refractivity contribution in [3.63, 3.8) is 0 Å². The van der Waals surface area contributed by atoms with Gasteiger partial charge >= 0.3 is 6.03 Å². The van der Waals surface area contributed by atoms with Crippen molar-refractivity contribution in [2.24, 2.45) is 0 Å². The fraction of sp³-hybridized carbons (Fsp3) is 0.462. The summed E-state index contributed by atoms with van der Waals surface area (Å²) >= 11 is 0. The van der Waals surface area contributed by atoms with Gasteiger partial charge in [-0.2, -0.15) is 0 Å². The maximum Gasteiger partial charge on any atom is 0.315 e. The molecule has 0 aromatic heterocycles. The van der Waals surface area contributed by atoms with Crippen molar-refractivity contribution in [3.8, 4) is 0 Å². The van der Waals surface area contributed by atoms with Crippen LogP contribution in [0.2, 0.25) is 0 Å². The zero-order chi connectivity index (χ0) is 14.3. The second kappa shape index (κ2) is 7.70. The summed E-state index contributed by atoms with van der Waals surface area (Å²) in [5.74, 6) is -0.422. The molecule has 3 N–H and O–H groups in total. The van der Waals surface area contributed by atoms with E-state index in [1.165, 1.54) is 18.2 Å². The third-order valence-corrected chi connectivity index (χ3v) is 2.48. The number of urea groups is 1. The van der Waals surface area contributed by atoms with E-state index in [4.69, 9.17) is 4.74 Å². The van der Waals surface area contributed by atoms with Gasteiger partial charge in [0.15, 0.2) is 0 Å². The molecule has 0 aliphatic carbocycles. The monoisotopic (exact) mass is 270 g/mol. The minimum atomic E-state index is -0.945. The first-order valence-electron chi connectivity index (χ1n) is 5.99. The molecule has 0 aliphatic heterocycles. The quantitative estimate of drug-likeness (QED) is 0.727. The van der Waals surface area contributed by atoms with Crippen molar-refractivity contribution < 1.29 is 19.0 Å². The molecule has 0 aliphatic rings. The largest absolute Gasteiger partial charge is 0.387 e. The zero-order valence-electron chi connectivity index (χ0n) is 11.0. The Morgan fingerprint density at radius 2 is 2.26 bits per heavy atom. The van der Waals surface area contributed by atoms with Crippen LogP contribution in [0.4, 0.5) is 9.18 Å². The average Bonchev–Trinajstić information content (AvgIpc) is 2.36. The third kappa shape index (κ3) is 5.67. The Hall–Kier alpha value is -1.66. The van der Waals surface area contributed by atoms with Crippen LogP contribution < -0.4 is 10.6 Å². The van der Waals surface area contributed by atoms with Crippen molar-refractivity contribution >= 4 is 6.03 Å². The summed E-state index contributed by atoms with van der Waals surface area (Å²) in [5.41, 5.74) is 0.422. The van der Waals surface area contributed by atoms with Gasteiger partial charge in [0, 0.05) is 13.7 Å². The Morgan fingerprint density at radius 1 is 1.53 bits per heavy atom. The van der Waals surface area contributed by atoms with E-state index in [0.717, 1.165) is 0 Å². The number of aliphatic hydroxyl groups is 1. The van der Waals surface area contributed by atoms with Crippen molar-refractivity contribution in [2.45, 2.75) is 19.1 Å². The highest BCUT2D eigenvalue weighted by Crippen LogP contribution is 2.12. The predicted octanol–water partition coefficient (Wildman–Crippen LogP) is 1.19. The molecule has 0 fully saturated rings. The molecule has 5 nitrogen and oxygen atoms in total. The van der Waals surface area contributed by atoms with Crippen LogP contribution in [0.1, 0.15) is 18.6 Å². The third-order valence-electron chi connectivity index (χ3n) is 2.48. The van der Waals surface area contributed by atoms with Crippen LogP contribution in [0.3, 0.4) is 0 Å². The van der Waals surface area contributed by atoms with Gasteiger partial charge in [0.1, 0.15) is 5.82 Å². The number of hydrogen-bond acceptors (Lipinski definition) is 3. The fourth-order valence-corrected chi connectivity index (χ4v) is 1.59. The summed E-state index contributed by atoms with van der Waals surface area (Å²) in [6.45, 7) is 2.21. The highest BCUT2D eigenvalue weighted by molar-refractivity contribution is 5.74. The number of amides is 2. The molecule has 0 heterocycles. The normalized spacial score (nSPS) is 13.7. The highest BCUT2D eigenvalue weighted by Gasteiger charge is 2.11. The lowest BCUT2D eigenvalue weighted by atomic mass is 10.1. The Bertz CT molecular complexity index is 415. The molecule has 2 atom stereocenters. The van der Waals surface area contributed by atoms with E-state index >= 15 is 0 Å². The topological polar surface area (TPSA) is 70.6 Å². The number of ether oxygens (including phenoxy) is 1. The summed E-state index contributed by atoms with van der Waals surface area (Å²) in [6, 6.07) is 5.10. The van der Waals surface area contributed by atoms with Gasteiger partial charge < -0.3 is 20.5 Å². The Labute approximate surface area is 111 Å². The second-order valence-corrected chi connectivity index (χ2v) is 4.28. The van der Waals surface area contributed by atoms with Gasteiger partial charge in [0.05, 0.1) is 18.8 Å². The molecule has 2 amide bonds. The van der Waals surface area contributed by atoms with Crippen LogP contribution in [0.15, 0.2) is 24.3 Å². The van der Waals surface area contributed by atoms with Crippen LogP contribution in [0.5, 0.6) is 0 Å². The number of rotatable bonds is 6. The highest BCUT2D eigenvalue weighted by atomic mass is 19.1. The van der Waals surface area contributed by atoms with E-state index in [1.807, 2.05) is 0 Å². The molecule has 1 rings (SSSR count). The minimum absolute atomic E-state index is 0.00892. The zero-order valence-corrected chi connectivity index (χ0v) is 11.0. The van der Waals surface area contributed by atoms with Gasteiger partial charge in [-0.05, 0) is 24.6 Å². The minimum Gasteiger partial charge on any atom is -0.387 e. The number of carbonyl (C=O) groups excluding carboxylic acids is 1. The summed E-state index contributed by atoms with van der Waals surface area (Å²) in [4.78, 5) is 11.5. The predicted molar refractivity (Wildman–Crippen MR) is 69.2 cm³/mol. The van der Waals surface area contributed by atoms with Gasteiger partial charge in [-0.15, -0.1) is 0 Å². The Kier molecular flexibility index (Phi) is 6.24. The number of aliphatic hydroxyl groups excluding tert-OH is 1. The van der Waals surface area contributed by atoms with Crippen LogP contribution in [-0.2, 0) is 4.74 Å². The van der Waals surface area contributed by atoms with Gasteiger partial charge in [-0.3, -0.25) is 0 Å². The van der Waals surface area contributed by atoms with E-state index in [1.54, 1.807) is 20.1 Å². The maximum atomic E-state index is 13.0. The summed E-state index contributed by atoms with van der Waals surface area (Å²) in [7, 11) is 1.55. The number of nitrogens with one attached hydrogen (secondary N) is 2. The van der Waals surface area contributed by atoms with Crippen LogP contribution in [0, 0.1) is 5.82 Å². The van der Waals surface area contributed by atoms with E-state index in [9.17, 15) is 14.3 Å². The molecule has 1 aromatic carbocycles. The summed E-state index contributed by atoms with van der Waals surface area (Å²) in [5, 5.41) is 14.9. The molecule has 1 aromatic rings.